The van der Waals surface area contributed by atoms with Crippen molar-refractivity contribution in [3.8, 4) is 5.69 Å². The predicted octanol–water partition coefficient (Wildman–Crippen LogP) is 4.68. The molecule has 1 saturated heterocycles. The molecular formula is C28H29F2N5O3. The van der Waals surface area contributed by atoms with Crippen LogP contribution in [0.5, 0.6) is 0 Å². The molecule has 0 radical (unpaired) electrons. The van der Waals surface area contributed by atoms with E-state index in [0.29, 0.717) is 25.9 Å². The van der Waals surface area contributed by atoms with Crippen LogP contribution in [-0.4, -0.2) is 50.2 Å². The summed E-state index contributed by atoms with van der Waals surface area (Å²) in [6.45, 7) is 3.33. The number of pyridine rings is 2. The topological polar surface area (TPSA) is 92.4 Å². The molecule has 1 fully saturated rings. The van der Waals surface area contributed by atoms with Gasteiger partial charge in [0.05, 0.1) is 11.3 Å². The van der Waals surface area contributed by atoms with Crippen molar-refractivity contribution >= 4 is 22.7 Å². The first-order chi connectivity index (χ1) is 18.2. The van der Waals surface area contributed by atoms with Crippen molar-refractivity contribution in [1.29, 1.82) is 0 Å². The number of fused-ring (bicyclic) bond motifs is 1. The van der Waals surface area contributed by atoms with Gasteiger partial charge in [-0.3, -0.25) is 14.3 Å². The standard InChI is InChI=1S/C28H29F2N5O3/c1-16(34-9-5-17(6-10-34)26-21(29)12-18(28(37)38)13-22(26)30)24-15-20-23(4-8-32-27(20)33(24)3)35-11-7-19(31-2)14-25(35)36/h4,7-8,11-17,31H,5-6,9-10H2,1-3H3,(H,37,38). The molecule has 1 aliphatic heterocycles. The van der Waals surface area contributed by atoms with Gasteiger partial charge in [0.15, 0.2) is 0 Å². The van der Waals surface area contributed by atoms with E-state index in [1.807, 2.05) is 23.7 Å². The van der Waals surface area contributed by atoms with Crippen molar-refractivity contribution in [2.45, 2.75) is 31.7 Å². The molecule has 2 N–H and O–H groups in total. The highest BCUT2D eigenvalue weighted by Gasteiger charge is 2.30. The highest BCUT2D eigenvalue weighted by molar-refractivity contribution is 5.88. The van der Waals surface area contributed by atoms with Gasteiger partial charge in [-0.1, -0.05) is 0 Å². The summed E-state index contributed by atoms with van der Waals surface area (Å²) in [5.41, 5.74) is 2.68. The number of nitrogens with one attached hydrogen (secondary N) is 1. The van der Waals surface area contributed by atoms with Crippen molar-refractivity contribution < 1.29 is 18.7 Å². The summed E-state index contributed by atoms with van der Waals surface area (Å²) >= 11 is 0. The van der Waals surface area contributed by atoms with E-state index in [2.05, 4.69) is 28.2 Å². The van der Waals surface area contributed by atoms with Crippen LogP contribution in [0.25, 0.3) is 16.7 Å². The number of nitrogens with zero attached hydrogens (tertiary/aromatic N) is 4. The van der Waals surface area contributed by atoms with Gasteiger partial charge in [-0.2, -0.15) is 0 Å². The number of hydrogen-bond acceptors (Lipinski definition) is 5. The van der Waals surface area contributed by atoms with Crippen LogP contribution in [0.3, 0.4) is 0 Å². The number of carboxylic acids is 1. The molecule has 1 aliphatic rings. The van der Waals surface area contributed by atoms with E-state index >= 15 is 0 Å². The highest BCUT2D eigenvalue weighted by atomic mass is 19.1. The summed E-state index contributed by atoms with van der Waals surface area (Å²) in [5, 5.41) is 12.9. The Morgan fingerprint density at radius 1 is 1.13 bits per heavy atom. The molecule has 0 amide bonds. The number of halogens is 2. The zero-order chi connectivity index (χ0) is 27.1. The SMILES string of the molecule is CNc1ccn(-c2ccnc3c2cc(C(C)N2CCC(c4c(F)cc(C(=O)O)cc4F)CC2)n3C)c(=O)c1. The summed E-state index contributed by atoms with van der Waals surface area (Å²) in [4.78, 5) is 30.7. The minimum Gasteiger partial charge on any atom is -0.478 e. The van der Waals surface area contributed by atoms with Crippen LogP contribution < -0.4 is 10.9 Å². The van der Waals surface area contributed by atoms with E-state index in [1.165, 1.54) is 0 Å². The lowest BCUT2D eigenvalue weighted by atomic mass is 9.87. The maximum Gasteiger partial charge on any atom is 0.335 e. The molecule has 1 atom stereocenters. The average Bonchev–Trinajstić information content (AvgIpc) is 3.24. The third-order valence-electron chi connectivity index (χ3n) is 7.65. The van der Waals surface area contributed by atoms with Crippen LogP contribution in [0.2, 0.25) is 0 Å². The van der Waals surface area contributed by atoms with Crippen LogP contribution in [0.1, 0.15) is 53.3 Å². The molecule has 1 aromatic carbocycles. The normalized spacial score (nSPS) is 15.6. The first kappa shape index (κ1) is 25.6. The number of rotatable bonds is 6. The van der Waals surface area contributed by atoms with Gasteiger partial charge in [-0.15, -0.1) is 0 Å². The van der Waals surface area contributed by atoms with Crippen molar-refractivity contribution in [1.82, 2.24) is 19.0 Å². The number of benzene rings is 1. The lowest BCUT2D eigenvalue weighted by Gasteiger charge is -2.36. The van der Waals surface area contributed by atoms with E-state index in [-0.39, 0.29) is 23.1 Å². The third-order valence-corrected chi connectivity index (χ3v) is 7.65. The van der Waals surface area contributed by atoms with Crippen molar-refractivity contribution in [3.63, 3.8) is 0 Å². The van der Waals surface area contributed by atoms with Gasteiger partial charge in [0.25, 0.3) is 5.56 Å². The fraction of sp³-hybridized carbons (Fsp3) is 0.321. The monoisotopic (exact) mass is 521 g/mol. The Morgan fingerprint density at radius 3 is 2.42 bits per heavy atom. The van der Waals surface area contributed by atoms with Crippen molar-refractivity contribution in [3.05, 3.63) is 87.6 Å². The Bertz CT molecular complexity index is 1560. The molecule has 4 heterocycles. The highest BCUT2D eigenvalue weighted by Crippen LogP contribution is 2.36. The van der Waals surface area contributed by atoms with Gasteiger partial charge in [0.2, 0.25) is 0 Å². The smallest absolute Gasteiger partial charge is 0.335 e. The average molecular weight is 522 g/mol. The van der Waals surface area contributed by atoms with E-state index in [4.69, 9.17) is 5.11 Å². The second-order valence-electron chi connectivity index (χ2n) is 9.71. The van der Waals surface area contributed by atoms with Crippen LogP contribution in [0.4, 0.5) is 14.5 Å². The number of likely N-dealkylation sites (tertiary alicyclic amines) is 1. The fourth-order valence-electron chi connectivity index (χ4n) is 5.53. The second-order valence-corrected chi connectivity index (χ2v) is 9.71. The third kappa shape index (κ3) is 4.45. The van der Waals surface area contributed by atoms with Gasteiger partial charge in [0, 0.05) is 60.9 Å². The molecule has 1 unspecified atom stereocenters. The van der Waals surface area contributed by atoms with Gasteiger partial charge in [0.1, 0.15) is 17.3 Å². The van der Waals surface area contributed by atoms with Crippen LogP contribution >= 0.6 is 0 Å². The Labute approximate surface area is 218 Å². The maximum atomic E-state index is 14.6. The van der Waals surface area contributed by atoms with Gasteiger partial charge < -0.3 is 15.0 Å². The van der Waals surface area contributed by atoms with E-state index in [0.717, 1.165) is 40.2 Å². The first-order valence-corrected chi connectivity index (χ1v) is 12.5. The number of aromatic nitrogens is 3. The second kappa shape index (κ2) is 10.0. The number of carboxylic acid groups (broad SMARTS) is 1. The largest absolute Gasteiger partial charge is 0.478 e. The molecule has 10 heteroatoms. The predicted molar refractivity (Wildman–Crippen MR) is 141 cm³/mol. The van der Waals surface area contributed by atoms with E-state index in [9.17, 15) is 18.4 Å². The van der Waals surface area contributed by atoms with Gasteiger partial charge in [-0.05, 0) is 69.1 Å². The summed E-state index contributed by atoms with van der Waals surface area (Å²) in [7, 11) is 3.71. The van der Waals surface area contributed by atoms with Crippen LogP contribution in [0, 0.1) is 11.6 Å². The molecule has 0 saturated carbocycles. The molecule has 3 aromatic heterocycles. The number of piperidine rings is 1. The molecule has 8 nitrogen and oxygen atoms in total. The maximum absolute atomic E-state index is 14.6. The molecule has 0 aliphatic carbocycles. The number of anilines is 1. The lowest BCUT2D eigenvalue weighted by molar-refractivity contribution is 0.0695. The van der Waals surface area contributed by atoms with Crippen molar-refractivity contribution in [2.24, 2.45) is 7.05 Å². The molecule has 0 bridgehead atoms. The van der Waals surface area contributed by atoms with Gasteiger partial charge in [-0.25, -0.2) is 18.6 Å². The molecular weight excluding hydrogens is 492 g/mol. The Kier molecular flexibility index (Phi) is 6.75. The fourth-order valence-corrected chi connectivity index (χ4v) is 5.53. The van der Waals surface area contributed by atoms with E-state index in [1.54, 1.807) is 30.1 Å². The number of hydrogen-bond donors (Lipinski definition) is 2. The van der Waals surface area contributed by atoms with Crippen LogP contribution in [0.15, 0.2) is 53.6 Å². The molecule has 198 valence electrons. The van der Waals surface area contributed by atoms with Gasteiger partial charge >= 0.3 is 5.97 Å². The van der Waals surface area contributed by atoms with Crippen LogP contribution in [-0.2, 0) is 7.05 Å². The lowest BCUT2D eigenvalue weighted by Crippen LogP contribution is -2.36. The number of carbonyl (C=O) groups is 1. The Morgan fingerprint density at radius 2 is 1.82 bits per heavy atom. The van der Waals surface area contributed by atoms with E-state index < -0.39 is 23.2 Å². The first-order valence-electron chi connectivity index (χ1n) is 12.5. The Hall–Kier alpha value is -4.05. The minimum absolute atomic E-state index is 0.00419. The quantitative estimate of drug-likeness (QED) is 0.383. The molecule has 4 aromatic rings. The number of aryl methyl sites for hydroxylation is 1. The zero-order valence-corrected chi connectivity index (χ0v) is 21.4. The van der Waals surface area contributed by atoms with Crippen molar-refractivity contribution in [2.75, 3.05) is 25.5 Å². The summed E-state index contributed by atoms with van der Waals surface area (Å²) in [6, 6.07) is 9.05. The Balaban J connectivity index is 1.40. The molecule has 0 spiro atoms. The molecule has 5 rings (SSSR count). The summed E-state index contributed by atoms with van der Waals surface area (Å²) < 4.78 is 32.9. The molecule has 38 heavy (non-hydrogen) atoms. The minimum atomic E-state index is -1.36. The summed E-state index contributed by atoms with van der Waals surface area (Å²) in [5.74, 6) is -3.29. The zero-order valence-electron chi connectivity index (χ0n) is 21.4. The number of aromatic carboxylic acids is 1. The summed E-state index contributed by atoms with van der Waals surface area (Å²) in [6.07, 6.45) is 4.52.